The lowest BCUT2D eigenvalue weighted by Crippen LogP contribution is -2.04. The molecule has 2 nitrogen and oxygen atoms in total. The van der Waals surface area contributed by atoms with E-state index >= 15 is 0 Å². The van der Waals surface area contributed by atoms with Crippen LogP contribution >= 0.6 is 23.4 Å². The van der Waals surface area contributed by atoms with E-state index in [2.05, 4.69) is 5.32 Å². The summed E-state index contributed by atoms with van der Waals surface area (Å²) < 4.78 is 4.99. The molecule has 1 rings (SSSR count). The van der Waals surface area contributed by atoms with E-state index in [-0.39, 0.29) is 0 Å². The summed E-state index contributed by atoms with van der Waals surface area (Å²) in [7, 11) is 1.74. The number of rotatable bonds is 8. The largest absolute Gasteiger partial charge is 0.385 e. The molecule has 1 aromatic carbocycles. The Morgan fingerprint density at radius 3 is 2.69 bits per heavy atom. The fraction of sp³-hybridized carbons (Fsp3) is 0.500. The summed E-state index contributed by atoms with van der Waals surface area (Å²) in [5.74, 6) is 2.28. The maximum atomic E-state index is 5.80. The Labute approximate surface area is 107 Å². The second kappa shape index (κ2) is 8.74. The number of hydrogen-bond donors (Lipinski definition) is 1. The van der Waals surface area contributed by atoms with Gasteiger partial charge in [-0.2, -0.15) is 11.8 Å². The fourth-order valence-corrected chi connectivity index (χ4v) is 2.14. The van der Waals surface area contributed by atoms with Gasteiger partial charge in [0.1, 0.15) is 0 Å². The number of thioether (sulfide) groups is 1. The van der Waals surface area contributed by atoms with Crippen molar-refractivity contribution in [3.63, 3.8) is 0 Å². The first-order valence-electron chi connectivity index (χ1n) is 5.39. The van der Waals surface area contributed by atoms with Gasteiger partial charge in [0.15, 0.2) is 0 Å². The molecule has 0 saturated heterocycles. The van der Waals surface area contributed by atoms with Gasteiger partial charge in [0.25, 0.3) is 0 Å². The van der Waals surface area contributed by atoms with Crippen LogP contribution in [-0.4, -0.2) is 31.8 Å². The van der Waals surface area contributed by atoms with Crippen molar-refractivity contribution < 1.29 is 4.74 Å². The molecule has 0 radical (unpaired) electrons. The molecular formula is C12H18ClNOS. The van der Waals surface area contributed by atoms with Crippen LogP contribution in [0.5, 0.6) is 0 Å². The smallest absolute Gasteiger partial charge is 0.0470 e. The molecule has 0 heterocycles. The molecule has 0 saturated carbocycles. The molecule has 0 aliphatic carbocycles. The second-order valence-electron chi connectivity index (χ2n) is 3.39. The lowest BCUT2D eigenvalue weighted by atomic mass is 10.3. The third-order valence-corrected chi connectivity index (χ3v) is 3.38. The predicted molar refractivity (Wildman–Crippen MR) is 73.8 cm³/mol. The molecular weight excluding hydrogens is 242 g/mol. The van der Waals surface area contributed by atoms with Crippen LogP contribution in [-0.2, 0) is 4.74 Å². The first kappa shape index (κ1) is 13.7. The van der Waals surface area contributed by atoms with E-state index < -0.39 is 0 Å². The van der Waals surface area contributed by atoms with Gasteiger partial charge < -0.3 is 10.1 Å². The third kappa shape index (κ3) is 6.26. The number of hydrogen-bond acceptors (Lipinski definition) is 3. The Bertz CT molecular complexity index is 279. The van der Waals surface area contributed by atoms with Gasteiger partial charge in [-0.3, -0.25) is 0 Å². The van der Waals surface area contributed by atoms with E-state index in [1.54, 1.807) is 7.11 Å². The van der Waals surface area contributed by atoms with Gasteiger partial charge >= 0.3 is 0 Å². The Hall–Kier alpha value is -0.380. The quantitative estimate of drug-likeness (QED) is 0.722. The molecule has 0 aliphatic heterocycles. The molecule has 0 atom stereocenters. The summed E-state index contributed by atoms with van der Waals surface area (Å²) >= 11 is 7.75. The van der Waals surface area contributed by atoms with Crippen LogP contribution in [0.4, 0.5) is 5.69 Å². The van der Waals surface area contributed by atoms with E-state index in [9.17, 15) is 0 Å². The number of benzene rings is 1. The van der Waals surface area contributed by atoms with Crippen LogP contribution in [0.3, 0.4) is 0 Å². The van der Waals surface area contributed by atoms with Gasteiger partial charge in [-0.15, -0.1) is 0 Å². The van der Waals surface area contributed by atoms with Crippen LogP contribution in [0, 0.1) is 0 Å². The van der Waals surface area contributed by atoms with Crippen molar-refractivity contribution in [2.45, 2.75) is 6.42 Å². The average Bonchev–Trinajstić information content (AvgIpc) is 2.30. The molecule has 1 N–H and O–H groups in total. The maximum absolute atomic E-state index is 5.80. The van der Waals surface area contributed by atoms with Crippen LogP contribution in [0.25, 0.3) is 0 Å². The predicted octanol–water partition coefficient (Wildman–Crippen LogP) is 3.52. The van der Waals surface area contributed by atoms with Crippen LogP contribution in [0.2, 0.25) is 5.02 Å². The van der Waals surface area contributed by atoms with E-state index in [1.807, 2.05) is 36.0 Å². The molecule has 0 amide bonds. The molecule has 1 aromatic rings. The van der Waals surface area contributed by atoms with Crippen molar-refractivity contribution in [1.29, 1.82) is 0 Å². The topological polar surface area (TPSA) is 21.3 Å². The van der Waals surface area contributed by atoms with Crippen LogP contribution in [0.15, 0.2) is 24.3 Å². The molecule has 0 aliphatic rings. The summed E-state index contributed by atoms with van der Waals surface area (Å²) in [4.78, 5) is 0. The van der Waals surface area contributed by atoms with E-state index in [4.69, 9.17) is 16.3 Å². The molecule has 0 unspecified atom stereocenters. The van der Waals surface area contributed by atoms with Gasteiger partial charge in [-0.25, -0.2) is 0 Å². The Morgan fingerprint density at radius 2 is 2.00 bits per heavy atom. The highest BCUT2D eigenvalue weighted by molar-refractivity contribution is 7.99. The highest BCUT2D eigenvalue weighted by Gasteiger charge is 1.93. The maximum Gasteiger partial charge on any atom is 0.0470 e. The monoisotopic (exact) mass is 259 g/mol. The van der Waals surface area contributed by atoms with Gasteiger partial charge in [-0.1, -0.05) is 11.6 Å². The molecule has 0 fully saturated rings. The van der Waals surface area contributed by atoms with Gasteiger partial charge in [0.05, 0.1) is 0 Å². The average molecular weight is 260 g/mol. The number of halogens is 1. The van der Waals surface area contributed by atoms with Crippen molar-refractivity contribution in [3.8, 4) is 0 Å². The molecule has 90 valence electrons. The number of methoxy groups -OCH3 is 1. The highest BCUT2D eigenvalue weighted by atomic mass is 35.5. The lowest BCUT2D eigenvalue weighted by molar-refractivity contribution is 0.200. The van der Waals surface area contributed by atoms with Crippen molar-refractivity contribution in [3.05, 3.63) is 29.3 Å². The molecule has 16 heavy (non-hydrogen) atoms. The summed E-state index contributed by atoms with van der Waals surface area (Å²) in [6.45, 7) is 1.84. The van der Waals surface area contributed by atoms with Gasteiger partial charge in [-0.05, 0) is 36.4 Å². The minimum atomic E-state index is 0.777. The standard InChI is InChI=1S/C12H18ClNOS/c1-15-8-2-9-16-10-7-14-12-5-3-11(13)4-6-12/h3-6,14H,2,7-10H2,1H3. The van der Waals surface area contributed by atoms with Crippen molar-refractivity contribution in [2.75, 3.05) is 37.1 Å². The first-order valence-corrected chi connectivity index (χ1v) is 6.92. The van der Waals surface area contributed by atoms with E-state index in [1.165, 1.54) is 0 Å². The zero-order valence-corrected chi connectivity index (χ0v) is 11.1. The normalized spacial score (nSPS) is 10.4. The number of ether oxygens (including phenoxy) is 1. The minimum absolute atomic E-state index is 0.777. The summed E-state index contributed by atoms with van der Waals surface area (Å²) in [6.07, 6.45) is 1.13. The third-order valence-electron chi connectivity index (χ3n) is 2.06. The van der Waals surface area contributed by atoms with Crippen molar-refractivity contribution in [2.24, 2.45) is 0 Å². The van der Waals surface area contributed by atoms with E-state index in [0.717, 1.165) is 41.8 Å². The van der Waals surface area contributed by atoms with Crippen LogP contribution in [0.1, 0.15) is 6.42 Å². The lowest BCUT2D eigenvalue weighted by Gasteiger charge is -2.06. The highest BCUT2D eigenvalue weighted by Crippen LogP contribution is 2.13. The fourth-order valence-electron chi connectivity index (χ4n) is 1.24. The Balaban J connectivity index is 2.01. The number of nitrogens with one attached hydrogen (secondary N) is 1. The summed E-state index contributed by atoms with van der Waals surface area (Å²) in [6, 6.07) is 7.79. The SMILES string of the molecule is COCCCSCCNc1ccc(Cl)cc1. The first-order chi connectivity index (χ1) is 7.83. The summed E-state index contributed by atoms with van der Waals surface area (Å²) in [5.41, 5.74) is 1.13. The van der Waals surface area contributed by atoms with Crippen molar-refractivity contribution >= 4 is 29.1 Å². The minimum Gasteiger partial charge on any atom is -0.385 e. The van der Waals surface area contributed by atoms with Crippen molar-refractivity contribution in [1.82, 2.24) is 0 Å². The van der Waals surface area contributed by atoms with Gasteiger partial charge in [0.2, 0.25) is 0 Å². The van der Waals surface area contributed by atoms with Crippen LogP contribution < -0.4 is 5.32 Å². The Kier molecular flexibility index (Phi) is 7.47. The summed E-state index contributed by atoms with van der Waals surface area (Å²) in [5, 5.41) is 4.13. The second-order valence-corrected chi connectivity index (χ2v) is 5.05. The molecule has 4 heteroatoms. The molecule has 0 bridgehead atoms. The molecule has 0 aromatic heterocycles. The zero-order chi connectivity index (χ0) is 11.6. The van der Waals surface area contributed by atoms with Gasteiger partial charge in [0, 0.05) is 36.7 Å². The Morgan fingerprint density at radius 1 is 1.25 bits per heavy atom. The van der Waals surface area contributed by atoms with E-state index in [0.29, 0.717) is 0 Å². The zero-order valence-electron chi connectivity index (χ0n) is 9.54. The number of anilines is 1. The molecule has 0 spiro atoms.